The molecule has 12 heteroatoms. The smallest absolute Gasteiger partial charge is 0.241 e. The highest BCUT2D eigenvalue weighted by atomic mass is 35.5. The molecule has 3 N–H and O–H groups in total. The van der Waals surface area contributed by atoms with Crippen molar-refractivity contribution in [3.63, 3.8) is 0 Å². The zero-order valence-electron chi connectivity index (χ0n) is 16.7. The van der Waals surface area contributed by atoms with Gasteiger partial charge >= 0.3 is 0 Å². The molecule has 0 saturated carbocycles. The summed E-state index contributed by atoms with van der Waals surface area (Å²) in [7, 11) is -3.91. The number of carbonyl (C=O) groups is 2. The lowest BCUT2D eigenvalue weighted by molar-refractivity contribution is -0.122. The molecule has 4 rings (SSSR count). The average molecular weight is 498 g/mol. The number of rotatable bonds is 6. The van der Waals surface area contributed by atoms with Gasteiger partial charge in [0.2, 0.25) is 11.8 Å². The van der Waals surface area contributed by atoms with Crippen LogP contribution >= 0.6 is 23.4 Å². The molecule has 0 spiro atoms. The van der Waals surface area contributed by atoms with Crippen LogP contribution in [0.15, 0.2) is 47.4 Å². The molecular weight excluding hydrogens is 478 g/mol. The van der Waals surface area contributed by atoms with Crippen molar-refractivity contribution in [2.24, 2.45) is 0 Å². The Hall–Kier alpha value is -2.47. The van der Waals surface area contributed by atoms with Gasteiger partial charge in [0.1, 0.15) is 18.7 Å². The standard InChI is InChI=1S/C20H20ClN3O6S2/c21-12-2-1-3-14(8-12)32(27,28)17-10-22-20(24-19(17)26)31-11-18(25)23-13-4-5-15-16(9-13)30-7-6-29-15/h1-5,8-9,17,20,22H,6-7,10-11H2,(H,23,25)(H,24,26). The lowest BCUT2D eigenvalue weighted by Crippen LogP contribution is -2.59. The first-order chi connectivity index (χ1) is 15.3. The number of hydrogen-bond donors (Lipinski definition) is 3. The molecule has 0 bridgehead atoms. The fourth-order valence-corrected chi connectivity index (χ4v) is 5.83. The van der Waals surface area contributed by atoms with Crippen LogP contribution in [0.4, 0.5) is 5.69 Å². The van der Waals surface area contributed by atoms with Crippen molar-refractivity contribution < 1.29 is 27.5 Å². The molecule has 2 atom stereocenters. The molecule has 2 amide bonds. The maximum absolute atomic E-state index is 12.8. The summed E-state index contributed by atoms with van der Waals surface area (Å²) in [4.78, 5) is 24.8. The van der Waals surface area contributed by atoms with Crippen LogP contribution in [0.3, 0.4) is 0 Å². The van der Waals surface area contributed by atoms with E-state index < -0.39 is 26.5 Å². The third kappa shape index (κ3) is 5.12. The van der Waals surface area contributed by atoms with Crippen LogP contribution in [-0.2, 0) is 19.4 Å². The number of nitrogens with one attached hydrogen (secondary N) is 3. The number of fused-ring (bicyclic) bond motifs is 1. The van der Waals surface area contributed by atoms with Gasteiger partial charge in [0.25, 0.3) is 0 Å². The lowest BCUT2D eigenvalue weighted by Gasteiger charge is -2.29. The van der Waals surface area contributed by atoms with Gasteiger partial charge in [0, 0.05) is 23.3 Å². The largest absolute Gasteiger partial charge is 0.486 e. The van der Waals surface area contributed by atoms with E-state index in [1.165, 1.54) is 18.2 Å². The third-order valence-electron chi connectivity index (χ3n) is 4.76. The zero-order chi connectivity index (χ0) is 22.7. The van der Waals surface area contributed by atoms with Crippen LogP contribution in [0.2, 0.25) is 5.02 Å². The minimum Gasteiger partial charge on any atom is -0.486 e. The minimum absolute atomic E-state index is 0.0168. The van der Waals surface area contributed by atoms with E-state index in [4.69, 9.17) is 21.1 Å². The van der Waals surface area contributed by atoms with Crippen molar-refractivity contribution in [1.82, 2.24) is 10.6 Å². The summed E-state index contributed by atoms with van der Waals surface area (Å²) in [6.07, 6.45) is 0. The van der Waals surface area contributed by atoms with E-state index in [9.17, 15) is 18.0 Å². The first-order valence-corrected chi connectivity index (χ1v) is 12.6. The van der Waals surface area contributed by atoms with E-state index in [1.54, 1.807) is 24.3 Å². The van der Waals surface area contributed by atoms with E-state index in [-0.39, 0.29) is 28.1 Å². The maximum atomic E-state index is 12.8. The molecule has 0 radical (unpaired) electrons. The summed E-state index contributed by atoms with van der Waals surface area (Å²) in [5.74, 6) is 0.317. The molecule has 1 saturated heterocycles. The molecule has 170 valence electrons. The van der Waals surface area contributed by atoms with Crippen molar-refractivity contribution in [2.45, 2.75) is 15.6 Å². The van der Waals surface area contributed by atoms with Crippen molar-refractivity contribution in [2.75, 3.05) is 30.8 Å². The monoisotopic (exact) mass is 497 g/mol. The first-order valence-electron chi connectivity index (χ1n) is 9.67. The molecule has 9 nitrogen and oxygen atoms in total. The number of anilines is 1. The molecule has 2 aromatic carbocycles. The number of hydrogen-bond acceptors (Lipinski definition) is 8. The Kier molecular flexibility index (Phi) is 6.79. The van der Waals surface area contributed by atoms with Gasteiger partial charge < -0.3 is 20.1 Å². The molecule has 2 heterocycles. The molecule has 0 aromatic heterocycles. The Balaban J connectivity index is 1.30. The second-order valence-electron chi connectivity index (χ2n) is 7.01. The van der Waals surface area contributed by atoms with Crippen LogP contribution in [0.25, 0.3) is 0 Å². The molecule has 0 aliphatic carbocycles. The molecule has 1 fully saturated rings. The number of benzene rings is 2. The van der Waals surface area contributed by atoms with Crippen molar-refractivity contribution in [1.29, 1.82) is 0 Å². The quantitative estimate of drug-likeness (QED) is 0.550. The highest BCUT2D eigenvalue weighted by Gasteiger charge is 2.38. The lowest BCUT2D eigenvalue weighted by atomic mass is 10.2. The topological polar surface area (TPSA) is 123 Å². The third-order valence-corrected chi connectivity index (χ3v) is 8.08. The number of sulfone groups is 1. The Morgan fingerprint density at radius 2 is 1.94 bits per heavy atom. The van der Waals surface area contributed by atoms with Gasteiger partial charge in [0.05, 0.1) is 10.6 Å². The molecule has 2 aliphatic rings. The summed E-state index contributed by atoms with van der Waals surface area (Å²) < 4.78 is 36.5. The van der Waals surface area contributed by atoms with Gasteiger partial charge in [-0.25, -0.2) is 8.42 Å². The van der Waals surface area contributed by atoms with Gasteiger partial charge in [0.15, 0.2) is 26.6 Å². The fraction of sp³-hybridized carbons (Fsp3) is 0.300. The second-order valence-corrected chi connectivity index (χ2v) is 10.7. The van der Waals surface area contributed by atoms with Gasteiger partial charge in [-0.15, -0.1) is 11.8 Å². The summed E-state index contributed by atoms with van der Waals surface area (Å²) in [6.45, 7) is 0.847. The van der Waals surface area contributed by atoms with E-state index >= 15 is 0 Å². The van der Waals surface area contributed by atoms with Crippen LogP contribution < -0.4 is 25.4 Å². The SMILES string of the molecule is O=C(CSC1NCC(S(=O)(=O)c2cccc(Cl)c2)C(=O)N1)Nc1ccc2c(c1)OCCO2. The summed E-state index contributed by atoms with van der Waals surface area (Å²) in [5, 5.41) is 7.30. The van der Waals surface area contributed by atoms with E-state index in [1.807, 2.05) is 0 Å². The van der Waals surface area contributed by atoms with Crippen molar-refractivity contribution in [3.8, 4) is 11.5 Å². The number of amides is 2. The predicted octanol–water partition coefficient (Wildman–Crippen LogP) is 1.63. The van der Waals surface area contributed by atoms with Crippen LogP contribution in [0.5, 0.6) is 11.5 Å². The van der Waals surface area contributed by atoms with Crippen molar-refractivity contribution in [3.05, 3.63) is 47.5 Å². The van der Waals surface area contributed by atoms with E-state index in [0.29, 0.717) is 30.4 Å². The van der Waals surface area contributed by atoms with Crippen LogP contribution in [-0.4, -0.2) is 56.5 Å². The Labute approximate surface area is 194 Å². The van der Waals surface area contributed by atoms with Gasteiger partial charge in [-0.1, -0.05) is 17.7 Å². The second kappa shape index (κ2) is 9.57. The number of carbonyl (C=O) groups excluding carboxylic acids is 2. The summed E-state index contributed by atoms with van der Waals surface area (Å²) >= 11 is 7.02. The zero-order valence-corrected chi connectivity index (χ0v) is 19.1. The molecule has 2 unspecified atom stereocenters. The normalized spacial score (nSPS) is 20.3. The predicted molar refractivity (Wildman–Crippen MR) is 121 cm³/mol. The Morgan fingerprint density at radius 1 is 1.16 bits per heavy atom. The van der Waals surface area contributed by atoms with E-state index in [2.05, 4.69) is 16.0 Å². The first kappa shape index (κ1) is 22.7. The van der Waals surface area contributed by atoms with Gasteiger partial charge in [-0.05, 0) is 30.3 Å². The number of halogens is 1. The van der Waals surface area contributed by atoms with Crippen LogP contribution in [0, 0.1) is 0 Å². The van der Waals surface area contributed by atoms with Crippen molar-refractivity contribution >= 4 is 50.7 Å². The fourth-order valence-electron chi connectivity index (χ4n) is 3.22. The molecule has 2 aromatic rings. The number of ether oxygens (including phenoxy) is 2. The highest BCUT2D eigenvalue weighted by Crippen LogP contribution is 2.32. The minimum atomic E-state index is -3.91. The van der Waals surface area contributed by atoms with Gasteiger partial charge in [-0.2, -0.15) is 0 Å². The maximum Gasteiger partial charge on any atom is 0.241 e. The molecular formula is C20H20ClN3O6S2. The molecule has 32 heavy (non-hydrogen) atoms. The molecule has 2 aliphatic heterocycles. The Bertz CT molecular complexity index is 1140. The summed E-state index contributed by atoms with van der Waals surface area (Å²) in [6, 6.07) is 10.9. The summed E-state index contributed by atoms with van der Waals surface area (Å²) in [5.41, 5.74) is -0.0347. The number of thioether (sulfide) groups is 1. The Morgan fingerprint density at radius 3 is 2.69 bits per heavy atom. The van der Waals surface area contributed by atoms with E-state index in [0.717, 1.165) is 11.8 Å². The average Bonchev–Trinajstić information content (AvgIpc) is 2.77. The van der Waals surface area contributed by atoms with Gasteiger partial charge in [-0.3, -0.25) is 14.9 Å². The highest BCUT2D eigenvalue weighted by molar-refractivity contribution is 8.00. The van der Waals surface area contributed by atoms with Crippen LogP contribution in [0.1, 0.15) is 0 Å².